The molecule has 0 aromatic heterocycles. The van der Waals surface area contributed by atoms with Crippen molar-refractivity contribution in [1.29, 1.82) is 0 Å². The standard InChI is InChI=1S/C14H19NS2/c1-14(7-4-8-17-14)10-15-12-9-16-13-6-3-2-5-11(12)13/h2-3,5-6,12,15H,4,7-10H2,1H3. The summed E-state index contributed by atoms with van der Waals surface area (Å²) in [6, 6.07) is 9.38. The zero-order chi connectivity index (χ0) is 11.7. The van der Waals surface area contributed by atoms with Crippen LogP contribution < -0.4 is 5.32 Å². The lowest BCUT2D eigenvalue weighted by Crippen LogP contribution is -2.35. The smallest absolute Gasteiger partial charge is 0.0427 e. The summed E-state index contributed by atoms with van der Waals surface area (Å²) in [6.07, 6.45) is 2.75. The van der Waals surface area contributed by atoms with Gasteiger partial charge in [0.05, 0.1) is 0 Å². The zero-order valence-corrected chi connectivity index (χ0v) is 11.9. The van der Waals surface area contributed by atoms with Crippen molar-refractivity contribution in [3.63, 3.8) is 0 Å². The predicted molar refractivity (Wildman–Crippen MR) is 78.0 cm³/mol. The minimum Gasteiger partial charge on any atom is -0.308 e. The Balaban J connectivity index is 1.64. The molecule has 0 amide bonds. The van der Waals surface area contributed by atoms with Gasteiger partial charge >= 0.3 is 0 Å². The number of hydrogen-bond acceptors (Lipinski definition) is 3. The quantitative estimate of drug-likeness (QED) is 0.895. The molecule has 0 bridgehead atoms. The van der Waals surface area contributed by atoms with Crippen LogP contribution in [0.3, 0.4) is 0 Å². The van der Waals surface area contributed by atoms with Gasteiger partial charge in [0.2, 0.25) is 0 Å². The fraction of sp³-hybridized carbons (Fsp3) is 0.571. The van der Waals surface area contributed by atoms with Crippen LogP contribution in [0, 0.1) is 0 Å². The normalized spacial score (nSPS) is 31.7. The first-order valence-electron chi connectivity index (χ1n) is 6.36. The first kappa shape index (κ1) is 11.9. The van der Waals surface area contributed by atoms with E-state index < -0.39 is 0 Å². The maximum absolute atomic E-state index is 3.78. The van der Waals surface area contributed by atoms with Gasteiger partial charge < -0.3 is 5.32 Å². The number of hydrogen-bond donors (Lipinski definition) is 1. The molecule has 2 heterocycles. The third-order valence-electron chi connectivity index (χ3n) is 3.72. The van der Waals surface area contributed by atoms with Crippen molar-refractivity contribution < 1.29 is 0 Å². The van der Waals surface area contributed by atoms with Gasteiger partial charge in [0.25, 0.3) is 0 Å². The molecule has 92 valence electrons. The Morgan fingerprint density at radius 2 is 2.29 bits per heavy atom. The minimum absolute atomic E-state index is 0.474. The van der Waals surface area contributed by atoms with Crippen molar-refractivity contribution in [1.82, 2.24) is 5.32 Å². The van der Waals surface area contributed by atoms with Crippen molar-refractivity contribution in [2.75, 3.05) is 18.1 Å². The average Bonchev–Trinajstić information content (AvgIpc) is 2.94. The molecule has 2 atom stereocenters. The molecule has 3 rings (SSSR count). The lowest BCUT2D eigenvalue weighted by Gasteiger charge is -2.25. The highest BCUT2D eigenvalue weighted by atomic mass is 32.2. The van der Waals surface area contributed by atoms with Gasteiger partial charge in [-0.05, 0) is 37.1 Å². The van der Waals surface area contributed by atoms with E-state index in [1.54, 1.807) is 0 Å². The Morgan fingerprint density at radius 1 is 1.41 bits per heavy atom. The summed E-state index contributed by atoms with van der Waals surface area (Å²) in [7, 11) is 0. The van der Waals surface area contributed by atoms with E-state index in [0.29, 0.717) is 10.8 Å². The molecule has 1 fully saturated rings. The summed E-state index contributed by atoms with van der Waals surface area (Å²) in [4.78, 5) is 1.47. The van der Waals surface area contributed by atoms with Crippen LogP contribution in [0.5, 0.6) is 0 Å². The van der Waals surface area contributed by atoms with Crippen LogP contribution in [0.1, 0.15) is 31.4 Å². The molecule has 0 aliphatic carbocycles. The van der Waals surface area contributed by atoms with Gasteiger partial charge in [-0.25, -0.2) is 0 Å². The SMILES string of the molecule is CC1(CNC2CSc3ccccc32)CCCS1. The summed E-state index contributed by atoms with van der Waals surface area (Å²) < 4.78 is 0.474. The Morgan fingerprint density at radius 3 is 3.12 bits per heavy atom. The predicted octanol–water partition coefficient (Wildman–Crippen LogP) is 3.71. The number of benzene rings is 1. The summed E-state index contributed by atoms with van der Waals surface area (Å²) in [6.45, 7) is 3.56. The van der Waals surface area contributed by atoms with Crippen LogP contribution in [0.4, 0.5) is 0 Å². The van der Waals surface area contributed by atoms with E-state index in [1.807, 2.05) is 11.8 Å². The molecular formula is C14H19NS2. The highest BCUT2D eigenvalue weighted by molar-refractivity contribution is 8.00. The topological polar surface area (TPSA) is 12.0 Å². The Kier molecular flexibility index (Phi) is 3.42. The molecule has 1 nitrogen and oxygen atoms in total. The third-order valence-corrected chi connectivity index (χ3v) is 6.44. The minimum atomic E-state index is 0.474. The molecule has 17 heavy (non-hydrogen) atoms. The monoisotopic (exact) mass is 265 g/mol. The van der Waals surface area contributed by atoms with E-state index in [4.69, 9.17) is 0 Å². The van der Waals surface area contributed by atoms with E-state index >= 15 is 0 Å². The van der Waals surface area contributed by atoms with Crippen LogP contribution in [0.15, 0.2) is 29.2 Å². The molecule has 2 unspecified atom stereocenters. The van der Waals surface area contributed by atoms with E-state index in [0.717, 1.165) is 6.54 Å². The molecule has 2 aliphatic rings. The largest absolute Gasteiger partial charge is 0.308 e. The Bertz CT molecular complexity index is 399. The fourth-order valence-corrected chi connectivity index (χ4v) is 5.10. The molecule has 1 N–H and O–H groups in total. The molecule has 0 radical (unpaired) electrons. The van der Waals surface area contributed by atoms with E-state index in [-0.39, 0.29) is 0 Å². The summed E-state index contributed by atoms with van der Waals surface area (Å²) in [5, 5.41) is 3.78. The van der Waals surface area contributed by atoms with Gasteiger partial charge in [0, 0.05) is 28.0 Å². The molecule has 3 heteroatoms. The number of thioether (sulfide) groups is 2. The van der Waals surface area contributed by atoms with Gasteiger partial charge in [-0.2, -0.15) is 11.8 Å². The summed E-state index contributed by atoms with van der Waals surface area (Å²) >= 11 is 4.13. The van der Waals surface area contributed by atoms with Gasteiger partial charge in [0.15, 0.2) is 0 Å². The summed E-state index contributed by atoms with van der Waals surface area (Å²) in [5.74, 6) is 2.54. The first-order valence-corrected chi connectivity index (χ1v) is 8.33. The van der Waals surface area contributed by atoms with E-state index in [9.17, 15) is 0 Å². The van der Waals surface area contributed by atoms with Crippen molar-refractivity contribution in [3.05, 3.63) is 29.8 Å². The highest BCUT2D eigenvalue weighted by Gasteiger charge is 2.31. The second kappa shape index (κ2) is 4.87. The Hall–Kier alpha value is -0.120. The van der Waals surface area contributed by atoms with Gasteiger partial charge in [-0.1, -0.05) is 18.2 Å². The molecule has 0 spiro atoms. The third kappa shape index (κ3) is 2.51. The molecule has 0 saturated carbocycles. The van der Waals surface area contributed by atoms with E-state index in [1.165, 1.54) is 34.8 Å². The van der Waals surface area contributed by atoms with Crippen molar-refractivity contribution in [2.24, 2.45) is 0 Å². The number of fused-ring (bicyclic) bond motifs is 1. The first-order chi connectivity index (χ1) is 8.27. The molecule has 1 saturated heterocycles. The maximum Gasteiger partial charge on any atom is 0.0427 e. The second-order valence-corrected chi connectivity index (χ2v) is 7.93. The number of rotatable bonds is 3. The maximum atomic E-state index is 3.78. The van der Waals surface area contributed by atoms with Crippen LogP contribution in [-0.2, 0) is 0 Å². The Labute approximate surface area is 112 Å². The van der Waals surface area contributed by atoms with Crippen molar-refractivity contribution >= 4 is 23.5 Å². The molecule has 1 aromatic carbocycles. The zero-order valence-electron chi connectivity index (χ0n) is 10.2. The van der Waals surface area contributed by atoms with Gasteiger partial charge in [-0.3, -0.25) is 0 Å². The van der Waals surface area contributed by atoms with Crippen LogP contribution >= 0.6 is 23.5 Å². The van der Waals surface area contributed by atoms with E-state index in [2.05, 4.69) is 48.3 Å². The van der Waals surface area contributed by atoms with Crippen LogP contribution in [-0.4, -0.2) is 22.8 Å². The highest BCUT2D eigenvalue weighted by Crippen LogP contribution is 2.40. The van der Waals surface area contributed by atoms with Crippen molar-refractivity contribution in [2.45, 2.75) is 35.4 Å². The van der Waals surface area contributed by atoms with Gasteiger partial charge in [0.1, 0.15) is 0 Å². The lowest BCUT2D eigenvalue weighted by molar-refractivity contribution is 0.495. The fourth-order valence-electron chi connectivity index (χ4n) is 2.65. The lowest BCUT2D eigenvalue weighted by atomic mass is 10.0. The second-order valence-electron chi connectivity index (χ2n) is 5.18. The van der Waals surface area contributed by atoms with Crippen molar-refractivity contribution in [3.8, 4) is 0 Å². The van der Waals surface area contributed by atoms with Gasteiger partial charge in [-0.15, -0.1) is 11.8 Å². The molecule has 2 aliphatic heterocycles. The molecule has 1 aromatic rings. The number of nitrogens with one attached hydrogen (secondary N) is 1. The average molecular weight is 265 g/mol. The molecular weight excluding hydrogens is 246 g/mol. The summed E-state index contributed by atoms with van der Waals surface area (Å²) in [5.41, 5.74) is 1.50. The van der Waals surface area contributed by atoms with Crippen LogP contribution in [0.2, 0.25) is 0 Å². The van der Waals surface area contributed by atoms with Crippen LogP contribution in [0.25, 0.3) is 0 Å².